The lowest BCUT2D eigenvalue weighted by molar-refractivity contribution is 0.154. The Morgan fingerprint density at radius 2 is 2.00 bits per heavy atom. The van der Waals surface area contributed by atoms with Crippen molar-refractivity contribution in [3.8, 4) is 0 Å². The van der Waals surface area contributed by atoms with Gasteiger partial charge in [0.1, 0.15) is 0 Å². The van der Waals surface area contributed by atoms with Gasteiger partial charge in [0, 0.05) is 19.0 Å². The summed E-state index contributed by atoms with van der Waals surface area (Å²) in [7, 11) is 1.38. The number of hydrogen-bond donors (Lipinski definition) is 2. The van der Waals surface area contributed by atoms with E-state index < -0.39 is 11.6 Å². The number of ether oxygens (including phenoxy) is 1. The van der Waals surface area contributed by atoms with Gasteiger partial charge in [0.2, 0.25) is 0 Å². The normalized spacial score (nSPS) is 22.6. The number of methoxy groups -OCH3 is 1. The Morgan fingerprint density at radius 1 is 1.24 bits per heavy atom. The highest BCUT2D eigenvalue weighted by Crippen LogP contribution is 2.37. The molecule has 0 saturated carbocycles. The number of carbonyl (C=O) groups excluding carboxylic acids is 1. The largest absolute Gasteiger partial charge is 0.453 e. The molecule has 3 rings (SSSR count). The van der Waals surface area contributed by atoms with E-state index in [1.54, 1.807) is 6.07 Å². The van der Waals surface area contributed by atoms with E-state index in [9.17, 15) is 4.79 Å². The highest BCUT2D eigenvalue weighted by molar-refractivity contribution is 6.42. The van der Waals surface area contributed by atoms with Crippen LogP contribution in [0.2, 0.25) is 10.0 Å². The van der Waals surface area contributed by atoms with E-state index in [1.807, 2.05) is 30.3 Å². The van der Waals surface area contributed by atoms with Crippen molar-refractivity contribution in [2.24, 2.45) is 0 Å². The summed E-state index contributed by atoms with van der Waals surface area (Å²) >= 11 is 12.3. The molecule has 0 bridgehead atoms. The van der Waals surface area contributed by atoms with Gasteiger partial charge in [0.05, 0.1) is 22.7 Å². The van der Waals surface area contributed by atoms with Gasteiger partial charge in [-0.05, 0) is 29.7 Å². The van der Waals surface area contributed by atoms with Crippen LogP contribution in [0, 0.1) is 0 Å². The smallest absolute Gasteiger partial charge is 0.407 e. The predicted octanol–water partition coefficient (Wildman–Crippen LogP) is 4.02. The fraction of sp³-hybridized carbons (Fsp3) is 0.316. The number of alkyl carbamates (subject to hydrolysis) is 1. The zero-order valence-electron chi connectivity index (χ0n) is 13.9. The van der Waals surface area contributed by atoms with Gasteiger partial charge in [-0.25, -0.2) is 4.79 Å². The third kappa shape index (κ3) is 3.92. The zero-order chi connectivity index (χ0) is 17.9. The Balaban J connectivity index is 1.98. The van der Waals surface area contributed by atoms with Crippen molar-refractivity contribution in [3.63, 3.8) is 0 Å². The first-order valence-corrected chi connectivity index (χ1v) is 8.85. The van der Waals surface area contributed by atoms with Crippen molar-refractivity contribution >= 4 is 29.3 Å². The Hall–Kier alpha value is -1.75. The van der Waals surface area contributed by atoms with Crippen LogP contribution in [0.4, 0.5) is 4.79 Å². The molecule has 0 unspecified atom stereocenters. The SMILES string of the molecule is COC(=O)N[C@]1(Cc2ccccc2)CNC[C@H]1c1ccc(Cl)c(Cl)c1. The highest BCUT2D eigenvalue weighted by Gasteiger charge is 2.45. The third-order valence-corrected chi connectivity index (χ3v) is 5.44. The molecule has 0 aliphatic carbocycles. The van der Waals surface area contributed by atoms with Gasteiger partial charge in [-0.1, -0.05) is 59.6 Å². The molecule has 25 heavy (non-hydrogen) atoms. The molecular weight excluding hydrogens is 359 g/mol. The third-order valence-electron chi connectivity index (χ3n) is 4.70. The monoisotopic (exact) mass is 378 g/mol. The lowest BCUT2D eigenvalue weighted by atomic mass is 9.77. The van der Waals surface area contributed by atoms with Crippen LogP contribution in [0.25, 0.3) is 0 Å². The van der Waals surface area contributed by atoms with Gasteiger partial charge in [0.25, 0.3) is 0 Å². The maximum atomic E-state index is 12.1. The number of amides is 1. The molecule has 1 aliphatic rings. The van der Waals surface area contributed by atoms with Crippen molar-refractivity contribution in [2.75, 3.05) is 20.2 Å². The number of carbonyl (C=O) groups is 1. The summed E-state index contributed by atoms with van der Waals surface area (Å²) in [6.45, 7) is 1.37. The number of halogens is 2. The molecule has 2 aromatic carbocycles. The van der Waals surface area contributed by atoms with Gasteiger partial charge in [-0.3, -0.25) is 0 Å². The van der Waals surface area contributed by atoms with E-state index in [0.29, 0.717) is 23.0 Å². The zero-order valence-corrected chi connectivity index (χ0v) is 15.4. The van der Waals surface area contributed by atoms with Crippen molar-refractivity contribution in [2.45, 2.75) is 17.9 Å². The Labute approximate surface area is 157 Å². The molecule has 2 aromatic rings. The van der Waals surface area contributed by atoms with Crippen LogP contribution in [-0.4, -0.2) is 31.8 Å². The van der Waals surface area contributed by atoms with Crippen LogP contribution in [0.3, 0.4) is 0 Å². The first-order chi connectivity index (χ1) is 12.0. The van der Waals surface area contributed by atoms with E-state index in [4.69, 9.17) is 27.9 Å². The molecule has 1 heterocycles. The van der Waals surface area contributed by atoms with Crippen LogP contribution >= 0.6 is 23.2 Å². The van der Waals surface area contributed by atoms with Crippen LogP contribution in [0.5, 0.6) is 0 Å². The standard InChI is InChI=1S/C19H20Cl2N2O2/c1-25-18(24)23-19(10-13-5-3-2-4-6-13)12-22-11-15(19)14-7-8-16(20)17(21)9-14/h2-9,15,22H,10-12H2,1H3,(H,23,24)/t15-,19+/m0/s1. The molecule has 2 atom stereocenters. The molecular formula is C19H20Cl2N2O2. The maximum absolute atomic E-state index is 12.1. The van der Waals surface area contributed by atoms with Crippen LogP contribution in [0.1, 0.15) is 17.0 Å². The van der Waals surface area contributed by atoms with Crippen LogP contribution in [0.15, 0.2) is 48.5 Å². The van der Waals surface area contributed by atoms with Crippen molar-refractivity contribution < 1.29 is 9.53 Å². The Morgan fingerprint density at radius 3 is 2.68 bits per heavy atom. The average molecular weight is 379 g/mol. The lowest BCUT2D eigenvalue weighted by Gasteiger charge is -2.36. The molecule has 1 aliphatic heterocycles. The maximum Gasteiger partial charge on any atom is 0.407 e. The summed E-state index contributed by atoms with van der Waals surface area (Å²) in [5, 5.41) is 7.50. The molecule has 1 saturated heterocycles. The molecule has 0 spiro atoms. The minimum Gasteiger partial charge on any atom is -0.453 e. The van der Waals surface area contributed by atoms with Crippen molar-refractivity contribution in [1.82, 2.24) is 10.6 Å². The van der Waals surface area contributed by atoms with Gasteiger partial charge in [-0.2, -0.15) is 0 Å². The summed E-state index contributed by atoms with van der Waals surface area (Å²) in [4.78, 5) is 12.1. The fourth-order valence-electron chi connectivity index (χ4n) is 3.50. The summed E-state index contributed by atoms with van der Waals surface area (Å²) in [5.41, 5.74) is 1.67. The second-order valence-electron chi connectivity index (χ2n) is 6.29. The predicted molar refractivity (Wildman–Crippen MR) is 100 cm³/mol. The van der Waals surface area contributed by atoms with E-state index in [0.717, 1.165) is 17.7 Å². The summed E-state index contributed by atoms with van der Waals surface area (Å²) in [6, 6.07) is 15.7. The van der Waals surface area contributed by atoms with Gasteiger partial charge in [-0.15, -0.1) is 0 Å². The van der Waals surface area contributed by atoms with Crippen LogP contribution < -0.4 is 10.6 Å². The van der Waals surface area contributed by atoms with E-state index in [-0.39, 0.29) is 5.92 Å². The van der Waals surface area contributed by atoms with E-state index in [2.05, 4.69) is 22.8 Å². The number of benzene rings is 2. The molecule has 0 aromatic heterocycles. The molecule has 132 valence electrons. The molecule has 0 radical (unpaired) electrons. The highest BCUT2D eigenvalue weighted by atomic mass is 35.5. The molecule has 1 fully saturated rings. The lowest BCUT2D eigenvalue weighted by Crippen LogP contribution is -2.55. The molecule has 6 heteroatoms. The first-order valence-electron chi connectivity index (χ1n) is 8.10. The molecule has 4 nitrogen and oxygen atoms in total. The second-order valence-corrected chi connectivity index (χ2v) is 7.11. The average Bonchev–Trinajstić information content (AvgIpc) is 3.01. The second kappa shape index (κ2) is 7.65. The molecule has 2 N–H and O–H groups in total. The summed E-state index contributed by atoms with van der Waals surface area (Å²) in [6.07, 6.45) is 0.241. The van der Waals surface area contributed by atoms with E-state index >= 15 is 0 Å². The summed E-state index contributed by atoms with van der Waals surface area (Å²) in [5.74, 6) is 0.0431. The Bertz CT molecular complexity index is 754. The van der Waals surface area contributed by atoms with Gasteiger partial charge in [0.15, 0.2) is 0 Å². The minimum absolute atomic E-state index is 0.0431. The van der Waals surface area contributed by atoms with Gasteiger partial charge < -0.3 is 15.4 Å². The van der Waals surface area contributed by atoms with Crippen LogP contribution in [-0.2, 0) is 11.2 Å². The molecule has 1 amide bonds. The van der Waals surface area contributed by atoms with Crippen molar-refractivity contribution in [3.05, 3.63) is 69.7 Å². The van der Waals surface area contributed by atoms with Crippen molar-refractivity contribution in [1.29, 1.82) is 0 Å². The van der Waals surface area contributed by atoms with E-state index in [1.165, 1.54) is 7.11 Å². The number of rotatable bonds is 4. The first kappa shape index (κ1) is 18.1. The quantitative estimate of drug-likeness (QED) is 0.844. The fourth-order valence-corrected chi connectivity index (χ4v) is 3.81. The number of nitrogens with one attached hydrogen (secondary N) is 2. The number of hydrogen-bond acceptors (Lipinski definition) is 3. The van der Waals surface area contributed by atoms with Gasteiger partial charge >= 0.3 is 6.09 Å². The Kier molecular flexibility index (Phi) is 5.52. The minimum atomic E-state index is -0.508. The topological polar surface area (TPSA) is 50.4 Å². The summed E-state index contributed by atoms with van der Waals surface area (Å²) < 4.78 is 4.88.